The summed E-state index contributed by atoms with van der Waals surface area (Å²) in [5.41, 5.74) is 2.14. The van der Waals surface area contributed by atoms with E-state index in [4.69, 9.17) is 9.15 Å². The Balaban J connectivity index is 1.17. The molecule has 1 aromatic carbocycles. The number of rotatable bonds is 8. The zero-order valence-electron chi connectivity index (χ0n) is 33.8. The maximum atomic E-state index is 14.1. The zero-order valence-corrected chi connectivity index (χ0v) is 33.8. The van der Waals surface area contributed by atoms with Crippen molar-refractivity contribution >= 4 is 17.7 Å². The molecule has 7 rings (SSSR count). The monoisotopic (exact) mass is 737 g/mol. The van der Waals surface area contributed by atoms with E-state index in [9.17, 15) is 24.8 Å². The van der Waals surface area contributed by atoms with E-state index < -0.39 is 17.4 Å². The Morgan fingerprint density at radius 1 is 0.963 bits per heavy atom. The number of hydrogen-bond donors (Lipinski definition) is 1. The van der Waals surface area contributed by atoms with Crippen molar-refractivity contribution in [2.75, 3.05) is 0 Å². The summed E-state index contributed by atoms with van der Waals surface area (Å²) in [5, 5.41) is 27.8. The molecular weight excluding hydrogens is 679 g/mol. The predicted octanol–water partition coefficient (Wildman–Crippen LogP) is 9.54. The molecule has 0 radical (unpaired) electrons. The molecule has 290 valence electrons. The second kappa shape index (κ2) is 12.9. The van der Waals surface area contributed by atoms with Crippen LogP contribution in [-0.2, 0) is 25.5 Å². The second-order valence-corrected chi connectivity index (χ2v) is 20.0. The van der Waals surface area contributed by atoms with Gasteiger partial charge in [0.1, 0.15) is 6.10 Å². The fraction of sp³-hybridized carbons (Fsp3) is 0.689. The molecule has 1 unspecified atom stereocenters. The fourth-order valence-corrected chi connectivity index (χ4v) is 13.2. The summed E-state index contributed by atoms with van der Waals surface area (Å²) < 4.78 is 12.5. The van der Waals surface area contributed by atoms with E-state index in [-0.39, 0.29) is 51.3 Å². The number of hydrogen-bond acceptors (Lipinski definition) is 8. The van der Waals surface area contributed by atoms with E-state index in [2.05, 4.69) is 64.7 Å². The number of aromatic nitrogens is 2. The van der Waals surface area contributed by atoms with Crippen LogP contribution in [0.1, 0.15) is 138 Å². The number of ketones is 1. The third kappa shape index (κ3) is 5.70. The first kappa shape index (κ1) is 38.5. The van der Waals surface area contributed by atoms with Crippen LogP contribution in [0.25, 0.3) is 11.5 Å². The number of esters is 1. The Morgan fingerprint density at radius 2 is 1.67 bits per heavy atom. The third-order valence-electron chi connectivity index (χ3n) is 16.2. The van der Waals surface area contributed by atoms with Gasteiger partial charge < -0.3 is 14.3 Å². The number of carboxylic acid groups (broad SMARTS) is 1. The van der Waals surface area contributed by atoms with Gasteiger partial charge in [-0.25, -0.2) is 0 Å². The van der Waals surface area contributed by atoms with Crippen LogP contribution < -0.4 is 0 Å². The summed E-state index contributed by atoms with van der Waals surface area (Å²) in [4.78, 5) is 39.0. The van der Waals surface area contributed by atoms with Crippen LogP contribution in [0.15, 0.2) is 39.8 Å². The van der Waals surface area contributed by atoms with Crippen LogP contribution in [0.5, 0.6) is 0 Å². The van der Waals surface area contributed by atoms with Crippen LogP contribution in [0, 0.1) is 67.5 Å². The molecule has 1 heterocycles. The number of ether oxygens (including phenoxy) is 1. The number of Topliss-reactive ketones (excluding diaryl/α,β-unsaturated/α-hetero) is 1. The Labute approximate surface area is 320 Å². The van der Waals surface area contributed by atoms with Gasteiger partial charge in [0.25, 0.3) is 0 Å². The van der Waals surface area contributed by atoms with Gasteiger partial charge in [-0.2, -0.15) is 5.26 Å². The summed E-state index contributed by atoms with van der Waals surface area (Å²) >= 11 is 0. The predicted molar refractivity (Wildman–Crippen MR) is 203 cm³/mol. The van der Waals surface area contributed by atoms with Gasteiger partial charge in [-0.3, -0.25) is 14.4 Å². The summed E-state index contributed by atoms with van der Waals surface area (Å²) in [5.74, 6) is 1.14. The van der Waals surface area contributed by atoms with Gasteiger partial charge in [0.2, 0.25) is 11.8 Å². The Kier molecular flexibility index (Phi) is 9.18. The summed E-state index contributed by atoms with van der Waals surface area (Å²) in [6, 6.07) is 9.32. The Morgan fingerprint density at radius 3 is 2.31 bits per heavy atom. The molecule has 4 saturated carbocycles. The summed E-state index contributed by atoms with van der Waals surface area (Å²) in [6.45, 7) is 19.7. The smallest absolute Gasteiger partial charge is 0.309 e. The van der Waals surface area contributed by atoms with Gasteiger partial charge in [-0.15, -0.1) is 10.2 Å². The first-order valence-corrected chi connectivity index (χ1v) is 20.3. The van der Waals surface area contributed by atoms with Crippen molar-refractivity contribution in [1.82, 2.24) is 10.2 Å². The quantitative estimate of drug-likeness (QED) is 0.262. The molecule has 54 heavy (non-hydrogen) atoms. The molecule has 1 N–H and O–H groups in total. The molecule has 1 aromatic heterocycles. The molecular formula is C45H59N3O6. The zero-order chi connectivity index (χ0) is 39.2. The molecule has 5 aliphatic carbocycles. The highest BCUT2D eigenvalue weighted by atomic mass is 16.5. The van der Waals surface area contributed by atoms with Crippen molar-refractivity contribution in [1.29, 1.82) is 5.26 Å². The van der Waals surface area contributed by atoms with Gasteiger partial charge in [0.15, 0.2) is 5.78 Å². The standard InChI is InChI=1S/C45H59N3O6/c1-26(2)36-30(49)22-45(23-34-47-48-38(54-34)28-12-10-27(25-46)11-13-28)21-20-43(8)29(37(36)45)14-15-32-42(7)18-17-33(53-35(50)24-40(3,4)39(51)52)41(5,6)31(42)16-19-44(32,43)9/h10-13,26,29,31-33H,14-24H2,1-9H3,(H,51,52)/t29-,31?,32-,33+,42+,43-,44-,45+/m1/s1. The molecule has 8 atom stereocenters. The van der Waals surface area contributed by atoms with E-state index >= 15 is 0 Å². The molecule has 5 aliphatic rings. The fourth-order valence-electron chi connectivity index (χ4n) is 13.2. The van der Waals surface area contributed by atoms with Crippen molar-refractivity contribution < 1.29 is 28.6 Å². The largest absolute Gasteiger partial charge is 0.481 e. The SMILES string of the molecule is CC(C)C1=C2[C@H]3CC[C@@H]4[C@@]5(C)CC[C@H](OC(=O)CC(C)(C)C(=O)O)C(C)(C)C5CC[C@@]4(C)[C@]3(C)CC[C@@]2(Cc2nnc(-c3ccc(C#N)cc3)o2)CC1=O. The number of nitrogens with zero attached hydrogens (tertiary/aromatic N) is 3. The van der Waals surface area contributed by atoms with Crippen LogP contribution in [0.2, 0.25) is 0 Å². The second-order valence-electron chi connectivity index (χ2n) is 20.0. The molecule has 4 fully saturated rings. The maximum absolute atomic E-state index is 14.1. The third-order valence-corrected chi connectivity index (χ3v) is 16.2. The van der Waals surface area contributed by atoms with Crippen LogP contribution in [-0.4, -0.2) is 39.1 Å². The number of nitriles is 1. The first-order valence-electron chi connectivity index (χ1n) is 20.3. The molecule has 0 bridgehead atoms. The lowest BCUT2D eigenvalue weighted by Crippen LogP contribution is -2.65. The van der Waals surface area contributed by atoms with Gasteiger partial charge >= 0.3 is 11.9 Å². The van der Waals surface area contributed by atoms with Gasteiger partial charge in [-0.1, -0.05) is 54.0 Å². The van der Waals surface area contributed by atoms with Crippen LogP contribution in [0.3, 0.4) is 0 Å². The Bertz CT molecular complexity index is 1930. The molecule has 9 nitrogen and oxygen atoms in total. The maximum Gasteiger partial charge on any atom is 0.309 e. The lowest BCUT2D eigenvalue weighted by molar-refractivity contribution is -0.233. The lowest BCUT2D eigenvalue weighted by atomic mass is 9.33. The first-order chi connectivity index (χ1) is 25.2. The van der Waals surface area contributed by atoms with Crippen molar-refractivity contribution in [3.05, 3.63) is 46.9 Å². The van der Waals surface area contributed by atoms with E-state index in [1.807, 2.05) is 12.1 Å². The Hall–Kier alpha value is -3.80. The number of aliphatic carboxylic acids is 1. The summed E-state index contributed by atoms with van der Waals surface area (Å²) in [6.07, 6.45) is 8.64. The van der Waals surface area contributed by atoms with Crippen molar-refractivity contribution in [2.45, 2.75) is 139 Å². The number of carbonyl (C=O) groups excluding carboxylic acids is 2. The van der Waals surface area contributed by atoms with E-state index in [0.29, 0.717) is 47.9 Å². The van der Waals surface area contributed by atoms with Crippen molar-refractivity contribution in [3.63, 3.8) is 0 Å². The van der Waals surface area contributed by atoms with E-state index in [1.165, 1.54) is 5.57 Å². The van der Waals surface area contributed by atoms with Crippen LogP contribution in [0.4, 0.5) is 0 Å². The van der Waals surface area contributed by atoms with Gasteiger partial charge in [0, 0.05) is 29.2 Å². The average molecular weight is 738 g/mol. The highest BCUT2D eigenvalue weighted by molar-refractivity contribution is 6.00. The minimum absolute atomic E-state index is 0.00581. The number of allylic oxidation sites excluding steroid dienone is 2. The van der Waals surface area contributed by atoms with E-state index in [0.717, 1.165) is 62.5 Å². The topological polar surface area (TPSA) is 143 Å². The minimum atomic E-state index is -1.17. The molecule has 0 amide bonds. The normalized spacial score (nSPS) is 35.8. The number of fused-ring (bicyclic) bond motifs is 7. The number of carboxylic acids is 1. The highest BCUT2D eigenvalue weighted by Crippen LogP contribution is 2.77. The van der Waals surface area contributed by atoms with Gasteiger partial charge in [-0.05, 0) is 135 Å². The highest BCUT2D eigenvalue weighted by Gasteiger charge is 2.70. The molecule has 0 aliphatic heterocycles. The van der Waals surface area contributed by atoms with Gasteiger partial charge in [0.05, 0.1) is 23.5 Å². The van der Waals surface area contributed by atoms with E-state index in [1.54, 1.807) is 26.0 Å². The molecule has 0 saturated heterocycles. The average Bonchev–Trinajstić information content (AvgIpc) is 3.67. The summed E-state index contributed by atoms with van der Waals surface area (Å²) in [7, 11) is 0. The number of carbonyl (C=O) groups is 3. The number of benzene rings is 1. The van der Waals surface area contributed by atoms with Crippen molar-refractivity contribution in [3.8, 4) is 17.5 Å². The molecule has 2 aromatic rings. The lowest BCUT2D eigenvalue weighted by Gasteiger charge is -2.72. The van der Waals surface area contributed by atoms with Crippen LogP contribution >= 0.6 is 0 Å². The van der Waals surface area contributed by atoms with Crippen molar-refractivity contribution in [2.24, 2.45) is 56.2 Å². The minimum Gasteiger partial charge on any atom is -0.481 e. The molecule has 0 spiro atoms. The molecule has 9 heteroatoms.